The van der Waals surface area contributed by atoms with E-state index in [0.29, 0.717) is 16.9 Å². The molecule has 2 aromatic carbocycles. The molecule has 0 spiro atoms. The van der Waals surface area contributed by atoms with Crippen LogP contribution in [0.2, 0.25) is 0 Å². The molecular weight excluding hydrogens is 280 g/mol. The standard InChI is InChI=1S/C17H18N2O3/c1-11-4-5-13(10-16(11)18-12(2)20)17(21)19-14-6-8-15(22-3)9-7-14/h4-10H,1-3H3,(H,18,20)(H,19,21). The molecule has 0 unspecified atom stereocenters. The largest absolute Gasteiger partial charge is 0.497 e. The van der Waals surface area contributed by atoms with E-state index in [-0.39, 0.29) is 11.8 Å². The summed E-state index contributed by atoms with van der Waals surface area (Å²) < 4.78 is 5.07. The topological polar surface area (TPSA) is 67.4 Å². The van der Waals surface area contributed by atoms with Crippen LogP contribution in [0.4, 0.5) is 11.4 Å². The maximum absolute atomic E-state index is 12.3. The summed E-state index contributed by atoms with van der Waals surface area (Å²) in [5.41, 5.74) is 2.68. The van der Waals surface area contributed by atoms with E-state index in [1.165, 1.54) is 6.92 Å². The summed E-state index contributed by atoms with van der Waals surface area (Å²) in [5.74, 6) is 0.314. The third-order valence-electron chi connectivity index (χ3n) is 3.16. The molecule has 0 bridgehead atoms. The molecule has 0 saturated carbocycles. The molecule has 22 heavy (non-hydrogen) atoms. The molecule has 0 atom stereocenters. The Balaban J connectivity index is 2.16. The number of amides is 2. The van der Waals surface area contributed by atoms with Crippen molar-refractivity contribution in [2.45, 2.75) is 13.8 Å². The predicted molar refractivity (Wildman–Crippen MR) is 86.4 cm³/mol. The summed E-state index contributed by atoms with van der Waals surface area (Å²) in [6, 6.07) is 12.3. The number of methoxy groups -OCH3 is 1. The number of aryl methyl sites for hydroxylation is 1. The number of hydrogen-bond donors (Lipinski definition) is 2. The Hall–Kier alpha value is -2.82. The zero-order valence-electron chi connectivity index (χ0n) is 12.8. The average molecular weight is 298 g/mol. The van der Waals surface area contributed by atoms with Crippen molar-refractivity contribution in [2.75, 3.05) is 17.7 Å². The molecular formula is C17H18N2O3. The molecule has 0 aromatic heterocycles. The van der Waals surface area contributed by atoms with Gasteiger partial charge in [-0.25, -0.2) is 0 Å². The minimum Gasteiger partial charge on any atom is -0.497 e. The van der Waals surface area contributed by atoms with Crippen LogP contribution in [-0.4, -0.2) is 18.9 Å². The second kappa shape index (κ2) is 6.76. The van der Waals surface area contributed by atoms with E-state index in [1.807, 2.05) is 6.92 Å². The van der Waals surface area contributed by atoms with Crippen LogP contribution in [-0.2, 0) is 4.79 Å². The summed E-state index contributed by atoms with van der Waals surface area (Å²) in [5, 5.41) is 5.51. The number of ether oxygens (including phenoxy) is 1. The molecule has 0 heterocycles. The Morgan fingerprint density at radius 2 is 1.68 bits per heavy atom. The third kappa shape index (κ3) is 3.85. The fourth-order valence-electron chi connectivity index (χ4n) is 1.97. The van der Waals surface area contributed by atoms with Gasteiger partial charge in [-0.2, -0.15) is 0 Å². The second-order valence-electron chi connectivity index (χ2n) is 4.89. The van der Waals surface area contributed by atoms with Gasteiger partial charge < -0.3 is 15.4 Å². The summed E-state index contributed by atoms with van der Waals surface area (Å²) >= 11 is 0. The minimum absolute atomic E-state index is 0.171. The smallest absolute Gasteiger partial charge is 0.255 e. The number of carbonyl (C=O) groups is 2. The molecule has 0 aliphatic rings. The van der Waals surface area contributed by atoms with Crippen LogP contribution in [0.1, 0.15) is 22.8 Å². The first kappa shape index (κ1) is 15.6. The number of nitrogens with one attached hydrogen (secondary N) is 2. The molecule has 114 valence electrons. The van der Waals surface area contributed by atoms with E-state index in [1.54, 1.807) is 49.6 Å². The highest BCUT2D eigenvalue weighted by Crippen LogP contribution is 2.19. The molecule has 2 aromatic rings. The Morgan fingerprint density at radius 1 is 1.00 bits per heavy atom. The molecule has 5 nitrogen and oxygen atoms in total. The minimum atomic E-state index is -0.239. The molecule has 0 saturated heterocycles. The van der Waals surface area contributed by atoms with E-state index >= 15 is 0 Å². The molecule has 5 heteroatoms. The SMILES string of the molecule is COc1ccc(NC(=O)c2ccc(C)c(NC(C)=O)c2)cc1. The van der Waals surface area contributed by atoms with Gasteiger partial charge in [-0.1, -0.05) is 6.07 Å². The van der Waals surface area contributed by atoms with E-state index in [4.69, 9.17) is 4.74 Å². The highest BCUT2D eigenvalue weighted by Gasteiger charge is 2.09. The second-order valence-corrected chi connectivity index (χ2v) is 4.89. The van der Waals surface area contributed by atoms with Gasteiger partial charge >= 0.3 is 0 Å². The lowest BCUT2D eigenvalue weighted by Gasteiger charge is -2.10. The summed E-state index contributed by atoms with van der Waals surface area (Å²) in [6.07, 6.45) is 0. The van der Waals surface area contributed by atoms with Crippen LogP contribution in [0.25, 0.3) is 0 Å². The lowest BCUT2D eigenvalue weighted by molar-refractivity contribution is -0.114. The van der Waals surface area contributed by atoms with Gasteiger partial charge in [0.25, 0.3) is 5.91 Å². The van der Waals surface area contributed by atoms with Crippen LogP contribution in [0.3, 0.4) is 0 Å². The maximum Gasteiger partial charge on any atom is 0.255 e. The lowest BCUT2D eigenvalue weighted by atomic mass is 10.1. The van der Waals surface area contributed by atoms with E-state index in [9.17, 15) is 9.59 Å². The molecule has 0 fully saturated rings. The van der Waals surface area contributed by atoms with Crippen LogP contribution < -0.4 is 15.4 Å². The van der Waals surface area contributed by atoms with Crippen molar-refractivity contribution < 1.29 is 14.3 Å². The van der Waals surface area contributed by atoms with Gasteiger partial charge in [-0.05, 0) is 48.9 Å². The quantitative estimate of drug-likeness (QED) is 0.910. The van der Waals surface area contributed by atoms with Gasteiger partial charge in [0.2, 0.25) is 5.91 Å². The van der Waals surface area contributed by atoms with Crippen LogP contribution in [0, 0.1) is 6.92 Å². The van der Waals surface area contributed by atoms with Crippen molar-refractivity contribution in [3.05, 3.63) is 53.6 Å². The maximum atomic E-state index is 12.3. The fourth-order valence-corrected chi connectivity index (χ4v) is 1.97. The Labute approximate surface area is 129 Å². The highest BCUT2D eigenvalue weighted by atomic mass is 16.5. The van der Waals surface area contributed by atoms with E-state index in [0.717, 1.165) is 11.3 Å². The van der Waals surface area contributed by atoms with Crippen LogP contribution in [0.5, 0.6) is 5.75 Å². The first-order chi connectivity index (χ1) is 10.5. The van der Waals surface area contributed by atoms with Crippen molar-refractivity contribution in [1.29, 1.82) is 0 Å². The van der Waals surface area contributed by atoms with Crippen molar-refractivity contribution in [1.82, 2.24) is 0 Å². The first-order valence-electron chi connectivity index (χ1n) is 6.83. The molecule has 2 rings (SSSR count). The van der Waals surface area contributed by atoms with E-state index < -0.39 is 0 Å². The monoisotopic (exact) mass is 298 g/mol. The fraction of sp³-hybridized carbons (Fsp3) is 0.176. The Morgan fingerprint density at radius 3 is 2.27 bits per heavy atom. The van der Waals surface area contributed by atoms with Gasteiger partial charge in [-0.15, -0.1) is 0 Å². The average Bonchev–Trinajstić information content (AvgIpc) is 2.49. The zero-order chi connectivity index (χ0) is 16.1. The number of rotatable bonds is 4. The number of hydrogen-bond acceptors (Lipinski definition) is 3. The molecule has 0 aliphatic heterocycles. The van der Waals surface area contributed by atoms with Crippen LogP contribution in [0.15, 0.2) is 42.5 Å². The van der Waals surface area contributed by atoms with Gasteiger partial charge in [0.15, 0.2) is 0 Å². The predicted octanol–water partition coefficient (Wildman–Crippen LogP) is 3.21. The Bertz CT molecular complexity index is 694. The molecule has 0 aliphatic carbocycles. The summed E-state index contributed by atoms with van der Waals surface area (Å²) in [6.45, 7) is 3.31. The normalized spacial score (nSPS) is 9.95. The number of benzene rings is 2. The van der Waals surface area contributed by atoms with Crippen molar-refractivity contribution in [2.24, 2.45) is 0 Å². The van der Waals surface area contributed by atoms with Gasteiger partial charge in [0, 0.05) is 23.9 Å². The molecule has 0 radical (unpaired) electrons. The van der Waals surface area contributed by atoms with Crippen molar-refractivity contribution in [3.63, 3.8) is 0 Å². The van der Waals surface area contributed by atoms with Gasteiger partial charge in [0.05, 0.1) is 7.11 Å². The van der Waals surface area contributed by atoms with Gasteiger partial charge in [-0.3, -0.25) is 9.59 Å². The van der Waals surface area contributed by atoms with E-state index in [2.05, 4.69) is 10.6 Å². The molecule has 2 N–H and O–H groups in total. The first-order valence-corrected chi connectivity index (χ1v) is 6.83. The highest BCUT2D eigenvalue weighted by molar-refractivity contribution is 6.05. The Kier molecular flexibility index (Phi) is 4.78. The lowest BCUT2D eigenvalue weighted by Crippen LogP contribution is -2.13. The van der Waals surface area contributed by atoms with Gasteiger partial charge in [0.1, 0.15) is 5.75 Å². The molecule has 2 amide bonds. The third-order valence-corrected chi connectivity index (χ3v) is 3.16. The van der Waals surface area contributed by atoms with Crippen molar-refractivity contribution >= 4 is 23.2 Å². The van der Waals surface area contributed by atoms with Crippen molar-refractivity contribution in [3.8, 4) is 5.75 Å². The number of anilines is 2. The summed E-state index contributed by atoms with van der Waals surface area (Å²) in [7, 11) is 1.59. The summed E-state index contributed by atoms with van der Waals surface area (Å²) in [4.78, 5) is 23.4. The number of carbonyl (C=O) groups excluding carboxylic acids is 2. The van der Waals surface area contributed by atoms with Crippen LogP contribution >= 0.6 is 0 Å². The zero-order valence-corrected chi connectivity index (χ0v) is 12.8.